The zero-order valence-electron chi connectivity index (χ0n) is 18.6. The fourth-order valence-electron chi connectivity index (χ4n) is 2.83. The molecule has 3 atom stereocenters. The maximum absolute atomic E-state index is 13.1. The molecule has 1 fully saturated rings. The van der Waals surface area contributed by atoms with E-state index in [4.69, 9.17) is 13.9 Å². The molecule has 0 spiro atoms. The van der Waals surface area contributed by atoms with Gasteiger partial charge >= 0.3 is 11.9 Å². The largest absolute Gasteiger partial charge is 0.423 e. The monoisotopic (exact) mass is 462 g/mol. The Hall–Kier alpha value is -1.87. The van der Waals surface area contributed by atoms with Gasteiger partial charge in [-0.3, -0.25) is 14.3 Å². The molecule has 0 aromatic carbocycles. The number of alkyl halides is 3. The van der Waals surface area contributed by atoms with E-state index in [1.54, 1.807) is 11.9 Å². The second-order valence-corrected chi connectivity index (χ2v) is 13.7. The molecule has 0 aliphatic carbocycles. The van der Waals surface area contributed by atoms with Crippen LogP contribution in [-0.4, -0.2) is 43.3 Å². The van der Waals surface area contributed by atoms with E-state index in [-0.39, 0.29) is 24.7 Å². The third kappa shape index (κ3) is 6.09. The van der Waals surface area contributed by atoms with Gasteiger partial charge in [-0.2, -0.15) is 13.2 Å². The predicted molar refractivity (Wildman–Crippen MR) is 111 cm³/mol. The number of halogens is 3. The highest BCUT2D eigenvalue weighted by atomic mass is 28.4. The van der Waals surface area contributed by atoms with E-state index in [1.807, 2.05) is 0 Å². The van der Waals surface area contributed by atoms with Gasteiger partial charge in [0.1, 0.15) is 24.5 Å². The highest BCUT2D eigenvalue weighted by Gasteiger charge is 2.43. The zero-order chi connectivity index (χ0) is 23.6. The number of nitrogens with one attached hydrogen (secondary N) is 1. The van der Waals surface area contributed by atoms with Crippen LogP contribution in [0.2, 0.25) is 18.1 Å². The van der Waals surface area contributed by atoms with Gasteiger partial charge in [-0.05, 0) is 25.1 Å². The smallest absolute Gasteiger partial charge is 0.414 e. The van der Waals surface area contributed by atoms with Crippen LogP contribution < -0.4 is 11.2 Å². The van der Waals surface area contributed by atoms with E-state index in [0.717, 1.165) is 4.57 Å². The van der Waals surface area contributed by atoms with Crippen molar-refractivity contribution >= 4 is 8.32 Å². The van der Waals surface area contributed by atoms with Gasteiger partial charge in [-0.15, -0.1) is 5.92 Å². The minimum absolute atomic E-state index is 0.0491. The molecular weight excluding hydrogens is 433 g/mol. The minimum Gasteiger partial charge on any atom is -0.414 e. The molecule has 7 nitrogen and oxygen atoms in total. The van der Waals surface area contributed by atoms with Crippen molar-refractivity contribution in [1.82, 2.24) is 9.55 Å². The molecule has 31 heavy (non-hydrogen) atoms. The molecule has 1 N–H and O–H groups in total. The number of rotatable bonds is 6. The molecule has 0 unspecified atom stereocenters. The van der Waals surface area contributed by atoms with Crippen LogP contribution in [-0.2, 0) is 20.1 Å². The van der Waals surface area contributed by atoms with Crippen molar-refractivity contribution in [3.05, 3.63) is 32.6 Å². The van der Waals surface area contributed by atoms with Gasteiger partial charge in [0.25, 0.3) is 5.56 Å². The molecule has 1 saturated heterocycles. The standard InChI is InChI=1S/C20H29F3N2O5Si/c1-7-8-9-28-14-10-16(30-15(14)12-29-31(5,6)19(2,3)4)25-11-13(20(21,22)23)17(26)24-18(25)27/h11,14-16H,9-10,12H2,1-6H3,(H,24,26,27)/t14-,15+,16+/m0/s1. The van der Waals surface area contributed by atoms with Crippen molar-refractivity contribution in [2.75, 3.05) is 13.2 Å². The Morgan fingerprint density at radius 2 is 1.94 bits per heavy atom. The van der Waals surface area contributed by atoms with Crippen LogP contribution in [0.4, 0.5) is 13.2 Å². The van der Waals surface area contributed by atoms with Crippen molar-refractivity contribution < 1.29 is 27.1 Å². The first kappa shape index (κ1) is 25.4. The topological polar surface area (TPSA) is 82.6 Å². The first-order chi connectivity index (χ1) is 14.2. The minimum atomic E-state index is -4.90. The van der Waals surface area contributed by atoms with E-state index < -0.39 is 49.7 Å². The lowest BCUT2D eigenvalue weighted by Crippen LogP contribution is -2.44. The van der Waals surface area contributed by atoms with Crippen LogP contribution in [0.3, 0.4) is 0 Å². The Labute approximate surface area is 180 Å². The Kier molecular flexibility index (Phi) is 7.63. The molecule has 0 radical (unpaired) electrons. The third-order valence-corrected chi connectivity index (χ3v) is 10.2. The van der Waals surface area contributed by atoms with Crippen molar-refractivity contribution in [1.29, 1.82) is 0 Å². The summed E-state index contributed by atoms with van der Waals surface area (Å²) < 4.78 is 58.0. The van der Waals surface area contributed by atoms with Gasteiger partial charge < -0.3 is 13.9 Å². The van der Waals surface area contributed by atoms with Crippen LogP contribution in [0.1, 0.15) is 45.9 Å². The molecule has 1 aliphatic rings. The van der Waals surface area contributed by atoms with E-state index in [0.29, 0.717) is 6.20 Å². The van der Waals surface area contributed by atoms with Crippen LogP contribution in [0.5, 0.6) is 0 Å². The summed E-state index contributed by atoms with van der Waals surface area (Å²) in [4.78, 5) is 25.5. The van der Waals surface area contributed by atoms with Gasteiger partial charge in [0.2, 0.25) is 0 Å². The van der Waals surface area contributed by atoms with E-state index in [9.17, 15) is 22.8 Å². The summed E-state index contributed by atoms with van der Waals surface area (Å²) in [6.45, 7) is 12.3. The predicted octanol–water partition coefficient (Wildman–Crippen LogP) is 3.27. The molecule has 11 heteroatoms. The Bertz CT molecular complexity index is 953. The summed E-state index contributed by atoms with van der Waals surface area (Å²) in [6.07, 6.45) is -6.49. The van der Waals surface area contributed by atoms with Gasteiger partial charge in [0.15, 0.2) is 8.32 Å². The van der Waals surface area contributed by atoms with Crippen LogP contribution in [0, 0.1) is 11.8 Å². The van der Waals surface area contributed by atoms with E-state index >= 15 is 0 Å². The van der Waals surface area contributed by atoms with Crippen LogP contribution in [0.15, 0.2) is 15.8 Å². The lowest BCUT2D eigenvalue weighted by Gasteiger charge is -2.37. The van der Waals surface area contributed by atoms with Crippen LogP contribution in [0.25, 0.3) is 0 Å². The van der Waals surface area contributed by atoms with Crippen molar-refractivity contribution in [2.45, 2.75) is 76.9 Å². The van der Waals surface area contributed by atoms with E-state index in [2.05, 4.69) is 45.7 Å². The Morgan fingerprint density at radius 3 is 2.48 bits per heavy atom. The first-order valence-corrected chi connectivity index (χ1v) is 12.8. The maximum atomic E-state index is 13.1. The molecule has 0 saturated carbocycles. The van der Waals surface area contributed by atoms with Crippen LogP contribution >= 0.6 is 0 Å². The average Bonchev–Trinajstić information content (AvgIpc) is 3.01. The molecule has 2 heterocycles. The number of aromatic amines is 1. The maximum Gasteiger partial charge on any atom is 0.423 e. The quantitative estimate of drug-likeness (QED) is 0.518. The number of nitrogens with zero attached hydrogens (tertiary/aromatic N) is 1. The second-order valence-electron chi connectivity index (χ2n) is 8.92. The Morgan fingerprint density at radius 1 is 1.29 bits per heavy atom. The summed E-state index contributed by atoms with van der Waals surface area (Å²) in [5.74, 6) is 5.47. The number of aromatic nitrogens is 2. The van der Waals surface area contributed by atoms with Crippen molar-refractivity contribution in [3.63, 3.8) is 0 Å². The molecule has 0 amide bonds. The summed E-state index contributed by atoms with van der Waals surface area (Å²) in [6, 6.07) is 0. The molecule has 1 aromatic rings. The molecule has 2 rings (SSSR count). The molecular formula is C20H29F3N2O5Si. The second kappa shape index (κ2) is 9.32. The van der Waals surface area contributed by atoms with Gasteiger partial charge in [0, 0.05) is 12.6 Å². The van der Waals surface area contributed by atoms with Gasteiger partial charge in [0.05, 0.1) is 12.7 Å². The number of ether oxygens (including phenoxy) is 2. The molecule has 1 aliphatic heterocycles. The first-order valence-electron chi connectivity index (χ1n) is 9.90. The van der Waals surface area contributed by atoms with Crippen molar-refractivity contribution in [3.8, 4) is 11.8 Å². The molecule has 0 bridgehead atoms. The van der Waals surface area contributed by atoms with Gasteiger partial charge in [-0.1, -0.05) is 26.7 Å². The van der Waals surface area contributed by atoms with Crippen molar-refractivity contribution in [2.24, 2.45) is 0 Å². The Balaban J connectivity index is 2.30. The lowest BCUT2D eigenvalue weighted by atomic mass is 10.2. The summed E-state index contributed by atoms with van der Waals surface area (Å²) in [7, 11) is -2.12. The third-order valence-electron chi connectivity index (χ3n) is 5.72. The summed E-state index contributed by atoms with van der Waals surface area (Å²) >= 11 is 0. The van der Waals surface area contributed by atoms with Gasteiger partial charge in [-0.25, -0.2) is 4.79 Å². The lowest BCUT2D eigenvalue weighted by molar-refractivity contribution is -0.139. The fourth-order valence-corrected chi connectivity index (χ4v) is 3.84. The molecule has 1 aromatic heterocycles. The average molecular weight is 463 g/mol. The zero-order valence-corrected chi connectivity index (χ0v) is 19.6. The number of H-pyrrole nitrogens is 1. The fraction of sp³-hybridized carbons (Fsp3) is 0.700. The number of hydrogen-bond donors (Lipinski definition) is 1. The highest BCUT2D eigenvalue weighted by molar-refractivity contribution is 6.74. The number of hydrogen-bond acceptors (Lipinski definition) is 5. The normalized spacial score (nSPS) is 22.3. The highest BCUT2D eigenvalue weighted by Crippen LogP contribution is 2.38. The summed E-state index contributed by atoms with van der Waals surface area (Å²) in [5.41, 5.74) is -3.94. The molecule has 174 valence electrons. The SMILES string of the molecule is CC#CCO[C@H]1C[C@H](n2cc(C(F)(F)F)c(=O)[nH]c2=O)O[C@@H]1CO[Si](C)(C)C(C)(C)C. The van der Waals surface area contributed by atoms with E-state index in [1.165, 1.54) is 0 Å². The summed E-state index contributed by atoms with van der Waals surface area (Å²) in [5, 5.41) is -0.0491.